The number of ether oxygens (including phenoxy) is 10. The molecule has 0 saturated heterocycles. The number of hydrogen-bond donors (Lipinski definition) is 0. The van der Waals surface area contributed by atoms with Crippen molar-refractivity contribution >= 4 is 44.5 Å². The summed E-state index contributed by atoms with van der Waals surface area (Å²) in [5.74, 6) is 28.6. The van der Waals surface area contributed by atoms with E-state index < -0.39 is 0 Å². The molecule has 82 heavy (non-hydrogen) atoms. The highest BCUT2D eigenvalue weighted by Crippen LogP contribution is 2.33. The van der Waals surface area contributed by atoms with Gasteiger partial charge in [-0.25, -0.2) is 0 Å². The minimum atomic E-state index is 0.0359. The molecular weight excluding hydrogens is 1070 g/mol. The maximum absolute atomic E-state index is 11.5. The predicted octanol–water partition coefficient (Wildman–Crippen LogP) is 11.0. The predicted molar refractivity (Wildman–Crippen MR) is 320 cm³/mol. The van der Waals surface area contributed by atoms with E-state index in [0.29, 0.717) is 115 Å². The van der Waals surface area contributed by atoms with Crippen molar-refractivity contribution < 1.29 is 57.0 Å². The summed E-state index contributed by atoms with van der Waals surface area (Å²) in [5.41, 5.74) is 6.07. The van der Waals surface area contributed by atoms with E-state index in [1.54, 1.807) is 13.8 Å². The van der Waals surface area contributed by atoms with Crippen molar-refractivity contribution in [2.24, 2.45) is 0 Å². The highest BCUT2D eigenvalue weighted by molar-refractivity contribution is 8.13. The van der Waals surface area contributed by atoms with Gasteiger partial charge in [0.05, 0.1) is 90.4 Å². The second kappa shape index (κ2) is 33.7. The molecular formula is C68H62O12S2. The third kappa shape index (κ3) is 20.9. The van der Waals surface area contributed by atoms with E-state index in [0.717, 1.165) is 65.4 Å². The van der Waals surface area contributed by atoms with Gasteiger partial charge >= 0.3 is 0 Å². The van der Waals surface area contributed by atoms with Gasteiger partial charge in [-0.3, -0.25) is 9.59 Å². The quantitative estimate of drug-likeness (QED) is 0.0926. The first-order valence-corrected chi connectivity index (χ1v) is 28.5. The molecule has 2 heterocycles. The molecule has 2 aliphatic heterocycles. The Hall–Kier alpha value is -7.96. The van der Waals surface area contributed by atoms with Crippen LogP contribution in [0.4, 0.5) is 0 Å². The zero-order valence-electron chi connectivity index (χ0n) is 45.9. The van der Waals surface area contributed by atoms with Crippen LogP contribution in [0.25, 0.3) is 10.8 Å². The Bertz CT molecular complexity index is 3230. The molecule has 6 bridgehead atoms. The van der Waals surface area contributed by atoms with E-state index in [2.05, 4.69) is 47.4 Å². The number of carbonyl (C=O) groups is 2. The summed E-state index contributed by atoms with van der Waals surface area (Å²) in [6.45, 7) is 8.83. The molecule has 12 nitrogen and oxygen atoms in total. The van der Waals surface area contributed by atoms with Gasteiger partial charge in [0.2, 0.25) is 0 Å². The number of thioether (sulfide) groups is 2. The lowest BCUT2D eigenvalue weighted by molar-refractivity contribution is -0.109. The second-order valence-electron chi connectivity index (χ2n) is 17.9. The first-order valence-electron chi connectivity index (χ1n) is 26.8. The highest BCUT2D eigenvalue weighted by Gasteiger charge is 2.13. The smallest absolute Gasteiger partial charge is 0.190 e. The molecule has 2 aliphatic rings. The number of rotatable bonds is 2. The van der Waals surface area contributed by atoms with Gasteiger partial charge in [0.1, 0.15) is 49.4 Å². The van der Waals surface area contributed by atoms with Crippen molar-refractivity contribution in [1.29, 1.82) is 0 Å². The topological polar surface area (TPSA) is 126 Å². The Balaban J connectivity index is 0.963. The Labute approximate surface area is 488 Å². The fraction of sp³-hybridized carbons (Fsp3) is 0.265. The molecule has 9 rings (SSSR count). The molecule has 0 unspecified atom stereocenters. The van der Waals surface area contributed by atoms with Crippen LogP contribution in [0, 0.1) is 47.4 Å². The summed E-state index contributed by atoms with van der Waals surface area (Å²) in [6.07, 6.45) is 0. The van der Waals surface area contributed by atoms with Gasteiger partial charge in [-0.15, -0.1) is 0 Å². The Morgan fingerprint density at radius 3 is 0.829 bits per heavy atom. The van der Waals surface area contributed by atoms with Crippen LogP contribution in [-0.4, -0.2) is 116 Å². The zero-order valence-corrected chi connectivity index (χ0v) is 47.5. The Kier molecular flexibility index (Phi) is 24.7. The number of benzene rings is 7. The zero-order chi connectivity index (χ0) is 56.8. The lowest BCUT2D eigenvalue weighted by atomic mass is 10.1. The van der Waals surface area contributed by atoms with Crippen molar-refractivity contribution in [3.8, 4) is 70.4 Å². The van der Waals surface area contributed by atoms with E-state index in [4.69, 9.17) is 47.4 Å². The maximum Gasteiger partial charge on any atom is 0.190 e. The van der Waals surface area contributed by atoms with Crippen LogP contribution in [-0.2, 0) is 38.0 Å². The summed E-state index contributed by atoms with van der Waals surface area (Å²) in [6, 6.07) is 46.1. The highest BCUT2D eigenvalue weighted by atomic mass is 32.2. The van der Waals surface area contributed by atoms with Gasteiger partial charge in [0, 0.05) is 79.9 Å². The molecule has 7 aromatic carbocycles. The Morgan fingerprint density at radius 2 is 0.549 bits per heavy atom. The molecule has 7 aromatic rings. The molecule has 14 heteroatoms. The molecule has 0 N–H and O–H groups in total. The molecule has 0 radical (unpaired) electrons. The standard InChI is InChI=1S/C68H62O12S2/c1-51(69)81-61-29-23-57(24-30-61)19-13-53-9-15-55(16-10-53)21-27-59-49-68-60(28-22-56-17-11-54(12-18-56)14-20-58-25-31-62(32-26-58)82-52(2)70)50-67(59)79-47-43-75-39-35-71-33-37-73-41-45-77-65-7-3-6-64-63(65)5-4-8-66(64)78-46-42-74-38-34-72-36-40-76-44-48-80-68/h3-12,15-18,23-26,29-32,49-50H,33-48H2,1-2H3. The van der Waals surface area contributed by atoms with Crippen molar-refractivity contribution in [3.05, 3.63) is 190 Å². The van der Waals surface area contributed by atoms with Gasteiger partial charge in [0.25, 0.3) is 0 Å². The minimum Gasteiger partial charge on any atom is -0.491 e. The van der Waals surface area contributed by atoms with Crippen LogP contribution in [0.1, 0.15) is 58.4 Å². The summed E-state index contributed by atoms with van der Waals surface area (Å²) < 4.78 is 60.0. The maximum atomic E-state index is 11.5. The SMILES string of the molecule is CC(=O)Sc1ccc(C#Cc2ccc(C#Cc3cc4c(C#Cc5ccc(C#Cc6ccc(SC(C)=O)cc6)cc5)cc3OCCOCCOCCOCCOc3cccc5c(cccc35)OCCOCCOCCOCCO4)cc2)cc1. The lowest BCUT2D eigenvalue weighted by Gasteiger charge is -2.14. The van der Waals surface area contributed by atoms with Crippen molar-refractivity contribution in [1.82, 2.24) is 0 Å². The van der Waals surface area contributed by atoms with Crippen LogP contribution in [0.3, 0.4) is 0 Å². The molecule has 0 spiro atoms. The van der Waals surface area contributed by atoms with Gasteiger partial charge in [-0.05, 0) is 109 Å². The first kappa shape index (κ1) is 60.1. The van der Waals surface area contributed by atoms with Gasteiger partial charge in [-0.2, -0.15) is 0 Å². The largest absolute Gasteiger partial charge is 0.491 e. The third-order valence-corrected chi connectivity index (χ3v) is 13.3. The number of fused-ring (bicyclic) bond motifs is 26. The van der Waals surface area contributed by atoms with E-state index >= 15 is 0 Å². The molecule has 0 saturated carbocycles. The number of hydrogen-bond acceptors (Lipinski definition) is 14. The van der Waals surface area contributed by atoms with Crippen molar-refractivity contribution in [2.75, 3.05) is 106 Å². The summed E-state index contributed by atoms with van der Waals surface area (Å²) in [4.78, 5) is 24.8. The molecule has 0 aliphatic carbocycles. The lowest BCUT2D eigenvalue weighted by Crippen LogP contribution is -2.15. The van der Waals surface area contributed by atoms with Gasteiger partial charge in [-0.1, -0.05) is 95.2 Å². The fourth-order valence-corrected chi connectivity index (χ4v) is 9.02. The minimum absolute atomic E-state index is 0.0359. The Morgan fingerprint density at radius 1 is 0.305 bits per heavy atom. The summed E-state index contributed by atoms with van der Waals surface area (Å²) >= 11 is 2.38. The van der Waals surface area contributed by atoms with E-state index in [1.807, 2.05) is 146 Å². The van der Waals surface area contributed by atoms with E-state index in [1.165, 1.54) is 23.5 Å². The van der Waals surface area contributed by atoms with Crippen molar-refractivity contribution in [3.63, 3.8) is 0 Å². The van der Waals surface area contributed by atoms with Crippen LogP contribution >= 0.6 is 23.5 Å². The van der Waals surface area contributed by atoms with E-state index in [9.17, 15) is 9.59 Å². The van der Waals surface area contributed by atoms with Crippen LogP contribution in [0.5, 0.6) is 23.0 Å². The molecule has 0 atom stereocenters. The molecule has 0 amide bonds. The van der Waals surface area contributed by atoms with Crippen LogP contribution in [0.2, 0.25) is 0 Å². The summed E-state index contributed by atoms with van der Waals surface area (Å²) in [5, 5.41) is 1.98. The van der Waals surface area contributed by atoms with Crippen molar-refractivity contribution in [2.45, 2.75) is 23.6 Å². The van der Waals surface area contributed by atoms with E-state index in [-0.39, 0.29) is 23.4 Å². The van der Waals surface area contributed by atoms with Gasteiger partial charge < -0.3 is 47.4 Å². The summed E-state index contributed by atoms with van der Waals surface area (Å²) in [7, 11) is 0. The molecule has 418 valence electrons. The normalized spacial score (nSPS) is 14.3. The molecule has 0 aromatic heterocycles. The van der Waals surface area contributed by atoms with Crippen LogP contribution < -0.4 is 18.9 Å². The van der Waals surface area contributed by atoms with Crippen LogP contribution in [0.15, 0.2) is 155 Å². The monoisotopic (exact) mass is 1130 g/mol. The number of carbonyl (C=O) groups excluding carboxylic acids is 2. The second-order valence-corrected chi connectivity index (χ2v) is 20.4. The molecule has 0 fully saturated rings. The average Bonchev–Trinajstić information content (AvgIpc) is 3.65. The average molecular weight is 1140 g/mol. The van der Waals surface area contributed by atoms with Gasteiger partial charge in [0.15, 0.2) is 10.2 Å². The first-order chi connectivity index (χ1) is 40.3. The fourth-order valence-electron chi connectivity index (χ4n) is 7.81. The third-order valence-electron chi connectivity index (χ3n) is 11.7.